The van der Waals surface area contributed by atoms with Gasteiger partial charge in [0, 0.05) is 17.3 Å². The molecule has 0 spiro atoms. The van der Waals surface area contributed by atoms with Crippen LogP contribution in [0.2, 0.25) is 5.02 Å². The second kappa shape index (κ2) is 4.81. The van der Waals surface area contributed by atoms with E-state index in [2.05, 4.69) is 0 Å². The van der Waals surface area contributed by atoms with Crippen LogP contribution in [0.1, 0.15) is 10.4 Å². The van der Waals surface area contributed by atoms with E-state index in [9.17, 15) is 9.90 Å². The molecule has 0 amide bonds. The number of aromatic nitrogens is 2. The number of hydrogen-bond donors (Lipinski definition) is 1. The molecule has 0 saturated carbocycles. The van der Waals surface area contributed by atoms with Gasteiger partial charge in [-0.25, -0.2) is 9.36 Å². The third kappa shape index (κ3) is 2.06. The molecule has 100 valence electrons. The minimum atomic E-state index is -0.407. The fraction of sp³-hybridized carbons (Fsp3) is 0.250. The molecule has 1 unspecified atom stereocenters. The van der Waals surface area contributed by atoms with Gasteiger partial charge in [-0.05, 0) is 24.3 Å². The number of thioether (sulfide) groups is 1. The molecule has 3 rings (SSSR count). The van der Waals surface area contributed by atoms with E-state index in [4.69, 9.17) is 23.2 Å². The maximum atomic E-state index is 12.3. The van der Waals surface area contributed by atoms with Crippen molar-refractivity contribution >= 4 is 35.0 Å². The van der Waals surface area contributed by atoms with Crippen LogP contribution in [0.4, 0.5) is 0 Å². The van der Waals surface area contributed by atoms with Crippen molar-refractivity contribution < 1.29 is 5.11 Å². The summed E-state index contributed by atoms with van der Waals surface area (Å²) in [5.74, 6) is 0.657. The van der Waals surface area contributed by atoms with E-state index < -0.39 is 4.71 Å². The van der Waals surface area contributed by atoms with Crippen molar-refractivity contribution in [2.45, 2.75) is 11.3 Å². The SMILES string of the molecule is O=c1n2c(c(O)n1-c1ccc(Cl)cc1)C(Cl)SCC2. The van der Waals surface area contributed by atoms with Crippen LogP contribution < -0.4 is 5.69 Å². The molecule has 1 N–H and O–H groups in total. The van der Waals surface area contributed by atoms with E-state index in [-0.39, 0.29) is 11.6 Å². The Labute approximate surface area is 123 Å². The first kappa shape index (κ1) is 13.0. The molecule has 2 aromatic rings. The fourth-order valence-electron chi connectivity index (χ4n) is 2.14. The number of halogens is 2. The Morgan fingerprint density at radius 2 is 2.00 bits per heavy atom. The average Bonchev–Trinajstić information content (AvgIpc) is 2.65. The molecular formula is C12H10Cl2N2O2S. The van der Waals surface area contributed by atoms with Crippen LogP contribution in [0.25, 0.3) is 5.69 Å². The van der Waals surface area contributed by atoms with Crippen LogP contribution in [-0.2, 0) is 6.54 Å². The molecule has 7 heteroatoms. The molecule has 1 aliphatic rings. The second-order valence-electron chi connectivity index (χ2n) is 4.14. The molecule has 19 heavy (non-hydrogen) atoms. The number of benzene rings is 1. The third-order valence-electron chi connectivity index (χ3n) is 3.03. The highest BCUT2D eigenvalue weighted by Crippen LogP contribution is 2.41. The van der Waals surface area contributed by atoms with E-state index in [0.717, 1.165) is 5.75 Å². The van der Waals surface area contributed by atoms with E-state index in [1.54, 1.807) is 24.3 Å². The van der Waals surface area contributed by atoms with Crippen molar-refractivity contribution in [3.8, 4) is 11.6 Å². The maximum absolute atomic E-state index is 12.3. The standard InChI is InChI=1S/C12H10Cl2N2O2S/c13-7-1-3-8(4-2-7)16-11(17)9-10(14)19-6-5-15(9)12(16)18/h1-4,10,17H,5-6H2. The van der Waals surface area contributed by atoms with Gasteiger partial charge in [0.15, 0.2) is 0 Å². The summed E-state index contributed by atoms with van der Waals surface area (Å²) in [5.41, 5.74) is 0.765. The summed E-state index contributed by atoms with van der Waals surface area (Å²) in [6.45, 7) is 0.552. The first-order chi connectivity index (χ1) is 9.09. The van der Waals surface area contributed by atoms with Gasteiger partial charge in [-0.1, -0.05) is 11.6 Å². The molecule has 0 fully saturated rings. The van der Waals surface area contributed by atoms with Crippen LogP contribution in [0, 0.1) is 0 Å². The Bertz CT molecular complexity index is 678. The normalized spacial score (nSPS) is 18.3. The minimum Gasteiger partial charge on any atom is -0.493 e. The van der Waals surface area contributed by atoms with Crippen molar-refractivity contribution in [2.24, 2.45) is 0 Å². The highest BCUT2D eigenvalue weighted by molar-refractivity contribution is 8.00. The van der Waals surface area contributed by atoms with Crippen LogP contribution in [0.3, 0.4) is 0 Å². The van der Waals surface area contributed by atoms with Gasteiger partial charge in [0.25, 0.3) is 0 Å². The van der Waals surface area contributed by atoms with Crippen molar-refractivity contribution in [1.29, 1.82) is 0 Å². The second-order valence-corrected chi connectivity index (χ2v) is 6.49. The van der Waals surface area contributed by atoms with Gasteiger partial charge in [0.1, 0.15) is 10.4 Å². The Morgan fingerprint density at radius 3 is 2.63 bits per heavy atom. The van der Waals surface area contributed by atoms with Gasteiger partial charge >= 0.3 is 5.69 Å². The van der Waals surface area contributed by atoms with Crippen LogP contribution in [0.5, 0.6) is 5.88 Å². The van der Waals surface area contributed by atoms with Crippen LogP contribution >= 0.6 is 35.0 Å². The lowest BCUT2D eigenvalue weighted by Crippen LogP contribution is -2.26. The molecule has 4 nitrogen and oxygen atoms in total. The van der Waals surface area contributed by atoms with Crippen molar-refractivity contribution in [3.05, 3.63) is 45.5 Å². The number of imidazole rings is 1. The summed E-state index contributed by atoms with van der Waals surface area (Å²) in [6.07, 6.45) is 0. The summed E-state index contributed by atoms with van der Waals surface area (Å²) in [7, 11) is 0. The van der Waals surface area contributed by atoms with E-state index in [0.29, 0.717) is 22.9 Å². The number of hydrogen-bond acceptors (Lipinski definition) is 3. The van der Waals surface area contributed by atoms with Crippen molar-refractivity contribution in [2.75, 3.05) is 5.75 Å². The highest BCUT2D eigenvalue weighted by atomic mass is 35.5. The predicted molar refractivity (Wildman–Crippen MR) is 77.8 cm³/mol. The molecule has 0 aliphatic carbocycles. The Hall–Kier alpha value is -1.04. The Morgan fingerprint density at radius 1 is 1.32 bits per heavy atom. The molecule has 1 aromatic carbocycles. The van der Waals surface area contributed by atoms with Gasteiger partial charge in [-0.2, -0.15) is 0 Å². The topological polar surface area (TPSA) is 47.2 Å². The molecule has 0 bridgehead atoms. The largest absolute Gasteiger partial charge is 0.493 e. The third-order valence-corrected chi connectivity index (χ3v) is 4.80. The first-order valence-corrected chi connectivity index (χ1v) is 7.52. The van der Waals surface area contributed by atoms with Gasteiger partial charge in [-0.15, -0.1) is 23.4 Å². The molecule has 2 heterocycles. The molecule has 1 atom stereocenters. The Kier molecular flexibility index (Phi) is 3.28. The number of nitrogens with zero attached hydrogens (tertiary/aromatic N) is 2. The van der Waals surface area contributed by atoms with E-state index >= 15 is 0 Å². The summed E-state index contributed by atoms with van der Waals surface area (Å²) >= 11 is 13.5. The van der Waals surface area contributed by atoms with Crippen LogP contribution in [-0.4, -0.2) is 20.0 Å². The van der Waals surface area contributed by atoms with E-state index in [1.165, 1.54) is 20.9 Å². The molecule has 0 radical (unpaired) electrons. The van der Waals surface area contributed by atoms with E-state index in [1.807, 2.05) is 0 Å². The summed E-state index contributed by atoms with van der Waals surface area (Å²) in [4.78, 5) is 12.3. The first-order valence-electron chi connectivity index (χ1n) is 5.65. The number of aromatic hydroxyl groups is 1. The lowest BCUT2D eigenvalue weighted by atomic mass is 10.3. The molecule has 0 saturated heterocycles. The monoisotopic (exact) mass is 316 g/mol. The lowest BCUT2D eigenvalue weighted by molar-refractivity contribution is 0.435. The van der Waals surface area contributed by atoms with Crippen molar-refractivity contribution in [1.82, 2.24) is 9.13 Å². The van der Waals surface area contributed by atoms with Crippen molar-refractivity contribution in [3.63, 3.8) is 0 Å². The zero-order valence-corrected chi connectivity index (χ0v) is 12.0. The van der Waals surface area contributed by atoms with Gasteiger partial charge in [-0.3, -0.25) is 4.57 Å². The predicted octanol–water partition coefficient (Wildman–Crippen LogP) is 2.98. The summed E-state index contributed by atoms with van der Waals surface area (Å²) in [6, 6.07) is 6.72. The lowest BCUT2D eigenvalue weighted by Gasteiger charge is -2.17. The summed E-state index contributed by atoms with van der Waals surface area (Å²) in [5, 5.41) is 10.8. The van der Waals surface area contributed by atoms with Gasteiger partial charge < -0.3 is 5.11 Å². The summed E-state index contributed by atoms with van der Waals surface area (Å²) < 4.78 is 2.38. The quantitative estimate of drug-likeness (QED) is 0.823. The van der Waals surface area contributed by atoms with Crippen LogP contribution in [0.15, 0.2) is 29.1 Å². The average molecular weight is 317 g/mol. The number of rotatable bonds is 1. The highest BCUT2D eigenvalue weighted by Gasteiger charge is 2.29. The van der Waals surface area contributed by atoms with Gasteiger partial charge in [0.05, 0.1) is 5.69 Å². The number of alkyl halides is 1. The molecule has 1 aromatic heterocycles. The maximum Gasteiger partial charge on any atom is 0.336 e. The number of fused-ring (bicyclic) bond motifs is 1. The molecular weight excluding hydrogens is 307 g/mol. The fourth-order valence-corrected chi connectivity index (χ4v) is 3.63. The zero-order chi connectivity index (χ0) is 13.6. The van der Waals surface area contributed by atoms with Gasteiger partial charge in [0.2, 0.25) is 5.88 Å². The Balaban J connectivity index is 2.23. The zero-order valence-electron chi connectivity index (χ0n) is 9.72. The molecule has 1 aliphatic heterocycles. The minimum absolute atomic E-state index is 0.0977. The smallest absolute Gasteiger partial charge is 0.336 e.